The van der Waals surface area contributed by atoms with E-state index in [1.807, 2.05) is 60.4 Å². The Morgan fingerprint density at radius 3 is 2.45 bits per heavy atom. The number of hydrogen-bond acceptors (Lipinski definition) is 3. The predicted octanol–water partition coefficient (Wildman–Crippen LogP) is 5.12. The number of carbonyl (C=O) groups excluding carboxylic acids is 1. The highest BCUT2D eigenvalue weighted by molar-refractivity contribution is 6.00. The van der Waals surface area contributed by atoms with E-state index in [-0.39, 0.29) is 5.91 Å². The maximum absolute atomic E-state index is 13.3. The number of hydrogen-bond donors (Lipinski definition) is 0. The summed E-state index contributed by atoms with van der Waals surface area (Å²) in [6, 6.07) is 15.9. The number of piperidine rings is 1. The molecule has 0 radical (unpaired) electrons. The molecule has 1 fully saturated rings. The van der Waals surface area contributed by atoms with Crippen molar-refractivity contribution in [1.82, 2.24) is 4.90 Å². The van der Waals surface area contributed by atoms with Crippen LogP contribution in [0.15, 0.2) is 48.5 Å². The quantitative estimate of drug-likeness (QED) is 0.613. The molecule has 0 bridgehead atoms. The van der Waals surface area contributed by atoms with Crippen molar-refractivity contribution in [3.63, 3.8) is 0 Å². The number of nitrogens with zero attached hydrogens (tertiary/aromatic N) is 2. The molecule has 4 nitrogen and oxygen atoms in total. The summed E-state index contributed by atoms with van der Waals surface area (Å²) < 4.78 is 6.20. The number of unbranched alkanes of at least 4 members (excludes halogenated alkanes) is 2. The van der Waals surface area contributed by atoms with E-state index in [1.165, 1.54) is 45.3 Å². The Bertz CT molecular complexity index is 815. The van der Waals surface area contributed by atoms with Crippen LogP contribution in [-0.4, -0.2) is 37.0 Å². The lowest BCUT2D eigenvalue weighted by atomic mass is 10.0. The SMILES string of the molecule is Cc1cccc2c1OC(c1ccccc1)C(=O)N2CCCCCN1CCCCC1. The zero-order valence-corrected chi connectivity index (χ0v) is 17.5. The molecule has 29 heavy (non-hydrogen) atoms. The number of fused-ring (bicyclic) bond motifs is 1. The largest absolute Gasteiger partial charge is 0.473 e. The van der Waals surface area contributed by atoms with Crippen molar-refractivity contribution >= 4 is 11.6 Å². The van der Waals surface area contributed by atoms with Crippen LogP contribution in [0.25, 0.3) is 0 Å². The Balaban J connectivity index is 1.42. The number of ether oxygens (including phenoxy) is 1. The highest BCUT2D eigenvalue weighted by atomic mass is 16.5. The topological polar surface area (TPSA) is 32.8 Å². The molecule has 2 aliphatic heterocycles. The van der Waals surface area contributed by atoms with Crippen LogP contribution in [0.3, 0.4) is 0 Å². The van der Waals surface area contributed by atoms with E-state index in [4.69, 9.17) is 4.74 Å². The molecule has 4 rings (SSSR count). The second-order valence-electron chi connectivity index (χ2n) is 8.28. The summed E-state index contributed by atoms with van der Waals surface area (Å²) >= 11 is 0. The molecule has 4 heteroatoms. The van der Waals surface area contributed by atoms with Gasteiger partial charge in [-0.15, -0.1) is 0 Å². The van der Waals surface area contributed by atoms with Gasteiger partial charge in [-0.25, -0.2) is 0 Å². The van der Waals surface area contributed by atoms with Gasteiger partial charge >= 0.3 is 0 Å². The van der Waals surface area contributed by atoms with Crippen molar-refractivity contribution in [3.05, 3.63) is 59.7 Å². The average molecular weight is 393 g/mol. The van der Waals surface area contributed by atoms with Gasteiger partial charge in [-0.05, 0) is 63.9 Å². The fraction of sp³-hybridized carbons (Fsp3) is 0.480. The van der Waals surface area contributed by atoms with Gasteiger partial charge in [0.25, 0.3) is 5.91 Å². The fourth-order valence-corrected chi connectivity index (χ4v) is 4.47. The fourth-order valence-electron chi connectivity index (χ4n) is 4.47. The third-order valence-corrected chi connectivity index (χ3v) is 6.12. The normalized spacial score (nSPS) is 19.7. The van der Waals surface area contributed by atoms with Crippen molar-refractivity contribution in [2.24, 2.45) is 0 Å². The maximum Gasteiger partial charge on any atom is 0.272 e. The van der Waals surface area contributed by atoms with Gasteiger partial charge in [0.1, 0.15) is 5.75 Å². The first-order valence-corrected chi connectivity index (χ1v) is 11.1. The number of aryl methyl sites for hydroxylation is 1. The van der Waals surface area contributed by atoms with Crippen LogP contribution < -0.4 is 9.64 Å². The van der Waals surface area contributed by atoms with Crippen molar-refractivity contribution in [2.75, 3.05) is 31.1 Å². The number of amides is 1. The van der Waals surface area contributed by atoms with Crippen molar-refractivity contribution in [2.45, 2.75) is 51.6 Å². The Morgan fingerprint density at radius 1 is 0.897 bits per heavy atom. The first kappa shape index (κ1) is 20.0. The minimum atomic E-state index is -0.557. The van der Waals surface area contributed by atoms with E-state index in [0.29, 0.717) is 0 Å². The van der Waals surface area contributed by atoms with Gasteiger partial charge in [-0.2, -0.15) is 0 Å². The average Bonchev–Trinajstić information content (AvgIpc) is 2.76. The van der Waals surface area contributed by atoms with Gasteiger partial charge in [0.05, 0.1) is 5.69 Å². The van der Waals surface area contributed by atoms with E-state index in [9.17, 15) is 4.79 Å². The Morgan fingerprint density at radius 2 is 1.66 bits per heavy atom. The van der Waals surface area contributed by atoms with Crippen molar-refractivity contribution in [3.8, 4) is 5.75 Å². The lowest BCUT2D eigenvalue weighted by Crippen LogP contribution is -2.42. The molecule has 1 saturated heterocycles. The molecule has 2 aromatic carbocycles. The molecule has 0 N–H and O–H groups in total. The molecule has 1 unspecified atom stereocenters. The third-order valence-electron chi connectivity index (χ3n) is 6.12. The van der Waals surface area contributed by atoms with Crippen molar-refractivity contribution in [1.29, 1.82) is 0 Å². The van der Waals surface area contributed by atoms with E-state index in [2.05, 4.69) is 4.90 Å². The van der Waals surface area contributed by atoms with Crippen LogP contribution in [-0.2, 0) is 4.79 Å². The molecule has 0 saturated carbocycles. The smallest absolute Gasteiger partial charge is 0.272 e. The second-order valence-corrected chi connectivity index (χ2v) is 8.28. The van der Waals surface area contributed by atoms with E-state index >= 15 is 0 Å². The molecule has 2 aromatic rings. The zero-order chi connectivity index (χ0) is 20.1. The summed E-state index contributed by atoms with van der Waals surface area (Å²) in [4.78, 5) is 17.8. The third kappa shape index (κ3) is 4.64. The molecule has 0 spiro atoms. The molecule has 0 aliphatic carbocycles. The first-order chi connectivity index (χ1) is 14.2. The molecular formula is C25H32N2O2. The van der Waals surface area contributed by atoms with Crippen LogP contribution in [0.2, 0.25) is 0 Å². The van der Waals surface area contributed by atoms with Gasteiger partial charge < -0.3 is 14.5 Å². The van der Waals surface area contributed by atoms with E-state index < -0.39 is 6.10 Å². The molecule has 0 aromatic heterocycles. The van der Waals surface area contributed by atoms with Crippen LogP contribution in [0.4, 0.5) is 5.69 Å². The number of para-hydroxylation sites is 1. The van der Waals surface area contributed by atoms with E-state index in [0.717, 1.165) is 42.0 Å². The number of rotatable bonds is 7. The second kappa shape index (κ2) is 9.45. The number of anilines is 1. The molecular weight excluding hydrogens is 360 g/mol. The highest BCUT2D eigenvalue weighted by Gasteiger charge is 2.35. The van der Waals surface area contributed by atoms with Crippen LogP contribution in [0.1, 0.15) is 55.8 Å². The standard InChI is InChI=1S/C25H32N2O2/c1-20-12-11-15-22-23(20)29-24(21-13-5-2-6-14-21)25(28)27(22)19-10-4-9-18-26-16-7-3-8-17-26/h2,5-6,11-15,24H,3-4,7-10,16-19H2,1H3. The monoisotopic (exact) mass is 392 g/mol. The summed E-state index contributed by atoms with van der Waals surface area (Å²) in [5.74, 6) is 0.889. The van der Waals surface area contributed by atoms with Crippen LogP contribution >= 0.6 is 0 Å². The molecule has 1 amide bonds. The maximum atomic E-state index is 13.3. The Labute approximate surface area is 174 Å². The lowest BCUT2D eigenvalue weighted by Gasteiger charge is -2.35. The summed E-state index contributed by atoms with van der Waals surface area (Å²) in [5, 5.41) is 0. The Hall–Kier alpha value is -2.33. The molecule has 2 heterocycles. The minimum Gasteiger partial charge on any atom is -0.473 e. The first-order valence-electron chi connectivity index (χ1n) is 11.1. The van der Waals surface area contributed by atoms with Crippen LogP contribution in [0, 0.1) is 6.92 Å². The van der Waals surface area contributed by atoms with Gasteiger partial charge in [-0.3, -0.25) is 4.79 Å². The van der Waals surface area contributed by atoms with Gasteiger partial charge in [0.2, 0.25) is 6.10 Å². The summed E-state index contributed by atoms with van der Waals surface area (Å²) in [6.45, 7) is 6.51. The minimum absolute atomic E-state index is 0.0466. The lowest BCUT2D eigenvalue weighted by molar-refractivity contribution is -0.126. The van der Waals surface area contributed by atoms with Gasteiger partial charge in [0, 0.05) is 12.1 Å². The number of benzene rings is 2. The predicted molar refractivity (Wildman–Crippen MR) is 117 cm³/mol. The van der Waals surface area contributed by atoms with Crippen LogP contribution in [0.5, 0.6) is 5.75 Å². The molecule has 2 aliphatic rings. The van der Waals surface area contributed by atoms with Gasteiger partial charge in [-0.1, -0.05) is 55.3 Å². The summed E-state index contributed by atoms with van der Waals surface area (Å²) in [7, 11) is 0. The summed E-state index contributed by atoms with van der Waals surface area (Å²) in [5.41, 5.74) is 2.91. The number of carbonyl (C=O) groups is 1. The zero-order valence-electron chi connectivity index (χ0n) is 17.5. The highest BCUT2D eigenvalue weighted by Crippen LogP contribution is 2.41. The molecule has 154 valence electrons. The van der Waals surface area contributed by atoms with E-state index in [1.54, 1.807) is 0 Å². The number of likely N-dealkylation sites (tertiary alicyclic amines) is 1. The Kier molecular flexibility index (Phi) is 6.50. The van der Waals surface area contributed by atoms with Crippen molar-refractivity contribution < 1.29 is 9.53 Å². The van der Waals surface area contributed by atoms with Gasteiger partial charge in [0.15, 0.2) is 0 Å². The molecule has 1 atom stereocenters. The summed E-state index contributed by atoms with van der Waals surface area (Å²) in [6.07, 6.45) is 6.90.